The molecule has 1 heterocycles. The van der Waals surface area contributed by atoms with E-state index in [4.69, 9.17) is 16.3 Å². The number of ether oxygens (including phenoxy) is 1. The fraction of sp³-hybridized carbons (Fsp3) is 0.562. The lowest BCUT2D eigenvalue weighted by atomic mass is 9.70. The molecule has 1 fully saturated rings. The Hall–Kier alpha value is -1.17. The number of rotatable bonds is 4. The van der Waals surface area contributed by atoms with Crippen molar-refractivity contribution in [2.24, 2.45) is 5.41 Å². The van der Waals surface area contributed by atoms with Crippen molar-refractivity contribution < 1.29 is 19.0 Å². The molecule has 0 atom stereocenters. The molecule has 0 saturated carbocycles. The second-order valence-corrected chi connectivity index (χ2v) is 6.77. The summed E-state index contributed by atoms with van der Waals surface area (Å²) in [4.78, 5) is 12.1. The Balaban J connectivity index is 2.05. The van der Waals surface area contributed by atoms with Crippen LogP contribution < -0.4 is 5.32 Å². The molecule has 0 spiro atoms. The van der Waals surface area contributed by atoms with Gasteiger partial charge in [0.1, 0.15) is 5.82 Å². The average molecular weight is 330 g/mol. The van der Waals surface area contributed by atoms with Crippen LogP contribution in [0.15, 0.2) is 18.2 Å². The van der Waals surface area contributed by atoms with Gasteiger partial charge in [0.05, 0.1) is 11.2 Å². The van der Waals surface area contributed by atoms with Crippen molar-refractivity contribution in [2.45, 2.75) is 32.3 Å². The number of carbonyl (C=O) groups excluding carboxylic acids is 1. The van der Waals surface area contributed by atoms with Crippen LogP contribution in [0.3, 0.4) is 0 Å². The van der Waals surface area contributed by atoms with E-state index in [9.17, 15) is 14.3 Å². The first-order valence-electron chi connectivity index (χ1n) is 7.29. The van der Waals surface area contributed by atoms with Crippen molar-refractivity contribution in [3.05, 3.63) is 34.6 Å². The fourth-order valence-electron chi connectivity index (χ4n) is 2.62. The van der Waals surface area contributed by atoms with Gasteiger partial charge in [-0.2, -0.15) is 0 Å². The van der Waals surface area contributed by atoms with E-state index in [2.05, 4.69) is 5.32 Å². The SMILES string of the molecule is CC(C)(CNC(=O)c1cc(Cl)ccc1F)C1(O)CCOCC1. The van der Waals surface area contributed by atoms with E-state index in [1.165, 1.54) is 12.1 Å². The van der Waals surface area contributed by atoms with E-state index in [0.717, 1.165) is 6.07 Å². The summed E-state index contributed by atoms with van der Waals surface area (Å²) in [6.45, 7) is 4.99. The second-order valence-electron chi connectivity index (χ2n) is 6.33. The Morgan fingerprint density at radius 1 is 1.45 bits per heavy atom. The molecule has 0 aromatic heterocycles. The first-order chi connectivity index (χ1) is 10.3. The summed E-state index contributed by atoms with van der Waals surface area (Å²) in [6, 6.07) is 3.85. The third-order valence-electron chi connectivity index (χ3n) is 4.44. The van der Waals surface area contributed by atoms with E-state index in [0.29, 0.717) is 31.1 Å². The van der Waals surface area contributed by atoms with Crippen LogP contribution in [0.25, 0.3) is 0 Å². The molecule has 2 rings (SSSR count). The highest BCUT2D eigenvalue weighted by Gasteiger charge is 2.44. The summed E-state index contributed by atoms with van der Waals surface area (Å²) in [5, 5.41) is 13.7. The molecule has 2 N–H and O–H groups in total. The lowest BCUT2D eigenvalue weighted by molar-refractivity contribution is -0.130. The van der Waals surface area contributed by atoms with Crippen molar-refractivity contribution in [1.29, 1.82) is 0 Å². The van der Waals surface area contributed by atoms with Crippen LogP contribution in [0.4, 0.5) is 4.39 Å². The fourth-order valence-corrected chi connectivity index (χ4v) is 2.79. The van der Waals surface area contributed by atoms with Gasteiger partial charge in [-0.1, -0.05) is 25.4 Å². The predicted octanol–water partition coefficient (Wildman–Crippen LogP) is 2.78. The van der Waals surface area contributed by atoms with Crippen molar-refractivity contribution in [2.75, 3.05) is 19.8 Å². The van der Waals surface area contributed by atoms with E-state index in [1.54, 1.807) is 0 Å². The molecule has 22 heavy (non-hydrogen) atoms. The first-order valence-corrected chi connectivity index (χ1v) is 7.66. The number of benzene rings is 1. The minimum atomic E-state index is -0.911. The molecule has 122 valence electrons. The molecule has 0 radical (unpaired) electrons. The first kappa shape index (κ1) is 17.2. The Morgan fingerprint density at radius 3 is 2.73 bits per heavy atom. The van der Waals surface area contributed by atoms with Gasteiger partial charge in [0.25, 0.3) is 5.91 Å². The maximum atomic E-state index is 13.7. The molecule has 4 nitrogen and oxygen atoms in total. The molecular formula is C16H21ClFNO3. The van der Waals surface area contributed by atoms with E-state index in [1.807, 2.05) is 13.8 Å². The van der Waals surface area contributed by atoms with Crippen molar-refractivity contribution in [3.8, 4) is 0 Å². The number of hydrogen-bond acceptors (Lipinski definition) is 3. The number of amides is 1. The number of hydrogen-bond donors (Lipinski definition) is 2. The second kappa shape index (κ2) is 6.52. The zero-order valence-electron chi connectivity index (χ0n) is 12.8. The number of halogens is 2. The minimum absolute atomic E-state index is 0.0951. The Bertz CT molecular complexity index is 556. The van der Waals surface area contributed by atoms with Gasteiger partial charge in [-0.15, -0.1) is 0 Å². The molecule has 1 aliphatic rings. The largest absolute Gasteiger partial charge is 0.389 e. The molecule has 0 bridgehead atoms. The molecule has 0 aliphatic carbocycles. The van der Waals surface area contributed by atoms with Crippen molar-refractivity contribution in [3.63, 3.8) is 0 Å². The summed E-state index contributed by atoms with van der Waals surface area (Å²) >= 11 is 5.79. The van der Waals surface area contributed by atoms with Crippen LogP contribution in [0, 0.1) is 11.2 Å². The van der Waals surface area contributed by atoms with Gasteiger partial charge in [0.2, 0.25) is 0 Å². The lowest BCUT2D eigenvalue weighted by Gasteiger charge is -2.45. The van der Waals surface area contributed by atoms with Crippen LogP contribution in [-0.2, 0) is 4.74 Å². The standard InChI is InChI=1S/C16H21ClFNO3/c1-15(2,16(21)5-7-22-8-6-16)10-19-14(20)12-9-11(17)3-4-13(12)18/h3-4,9,21H,5-8,10H2,1-2H3,(H,19,20). The van der Waals surface area contributed by atoms with Crippen LogP contribution in [0.5, 0.6) is 0 Å². The Kier molecular flexibility index (Phi) is 5.10. The number of aliphatic hydroxyl groups is 1. The average Bonchev–Trinajstić information content (AvgIpc) is 2.48. The van der Waals surface area contributed by atoms with Crippen LogP contribution in [0.2, 0.25) is 5.02 Å². The monoisotopic (exact) mass is 329 g/mol. The third kappa shape index (κ3) is 3.59. The van der Waals surface area contributed by atoms with Gasteiger partial charge < -0.3 is 15.2 Å². The maximum Gasteiger partial charge on any atom is 0.254 e. The van der Waals surface area contributed by atoms with Gasteiger partial charge in [-0.3, -0.25) is 4.79 Å². The van der Waals surface area contributed by atoms with Crippen molar-refractivity contribution in [1.82, 2.24) is 5.32 Å². The van der Waals surface area contributed by atoms with Gasteiger partial charge in [0, 0.05) is 43.0 Å². The quantitative estimate of drug-likeness (QED) is 0.893. The number of nitrogens with one attached hydrogen (secondary N) is 1. The third-order valence-corrected chi connectivity index (χ3v) is 4.68. The zero-order valence-corrected chi connectivity index (χ0v) is 13.5. The molecule has 1 amide bonds. The maximum absolute atomic E-state index is 13.7. The molecule has 1 aliphatic heterocycles. The van der Waals surface area contributed by atoms with Gasteiger partial charge in [0.15, 0.2) is 0 Å². The number of carbonyl (C=O) groups is 1. The highest BCUT2D eigenvalue weighted by molar-refractivity contribution is 6.31. The van der Waals surface area contributed by atoms with Crippen LogP contribution >= 0.6 is 11.6 Å². The Morgan fingerprint density at radius 2 is 2.09 bits per heavy atom. The van der Waals surface area contributed by atoms with Crippen LogP contribution in [0.1, 0.15) is 37.0 Å². The molecule has 1 aromatic carbocycles. The zero-order chi connectivity index (χ0) is 16.4. The molecule has 6 heteroatoms. The molecule has 1 aromatic rings. The lowest BCUT2D eigenvalue weighted by Crippen LogP contribution is -2.53. The molecule has 0 unspecified atom stereocenters. The van der Waals surface area contributed by atoms with Gasteiger partial charge in [-0.25, -0.2) is 4.39 Å². The summed E-state index contributed by atoms with van der Waals surface area (Å²) in [5.41, 5.74) is -1.56. The summed E-state index contributed by atoms with van der Waals surface area (Å²) < 4.78 is 19.0. The summed E-state index contributed by atoms with van der Waals surface area (Å²) in [7, 11) is 0. The van der Waals surface area contributed by atoms with Gasteiger partial charge >= 0.3 is 0 Å². The van der Waals surface area contributed by atoms with Gasteiger partial charge in [-0.05, 0) is 18.2 Å². The summed E-state index contributed by atoms with van der Waals surface area (Å²) in [5.74, 6) is -1.16. The molecule has 1 saturated heterocycles. The van der Waals surface area contributed by atoms with E-state index in [-0.39, 0.29) is 12.1 Å². The van der Waals surface area contributed by atoms with Crippen LogP contribution in [-0.4, -0.2) is 36.4 Å². The smallest absolute Gasteiger partial charge is 0.254 e. The van der Waals surface area contributed by atoms with Crippen molar-refractivity contribution >= 4 is 17.5 Å². The summed E-state index contributed by atoms with van der Waals surface area (Å²) in [6.07, 6.45) is 1.03. The normalized spacial score (nSPS) is 18.0. The van der Waals surface area contributed by atoms with E-state index >= 15 is 0 Å². The topological polar surface area (TPSA) is 58.6 Å². The molecular weight excluding hydrogens is 309 g/mol. The highest BCUT2D eigenvalue weighted by Crippen LogP contribution is 2.38. The van der Waals surface area contributed by atoms with E-state index < -0.39 is 22.7 Å². The Labute approximate surface area is 134 Å². The predicted molar refractivity (Wildman–Crippen MR) is 82.5 cm³/mol. The highest BCUT2D eigenvalue weighted by atomic mass is 35.5. The minimum Gasteiger partial charge on any atom is -0.389 e.